The summed E-state index contributed by atoms with van der Waals surface area (Å²) in [6.45, 7) is 10.0. The van der Waals surface area contributed by atoms with E-state index in [-0.39, 0.29) is 5.60 Å². The van der Waals surface area contributed by atoms with Crippen molar-refractivity contribution in [3.05, 3.63) is 29.3 Å². The predicted molar refractivity (Wildman–Crippen MR) is 87.7 cm³/mol. The topological polar surface area (TPSA) is 21.3 Å². The van der Waals surface area contributed by atoms with Crippen molar-refractivity contribution in [3.63, 3.8) is 0 Å². The zero-order valence-electron chi connectivity index (χ0n) is 13.9. The lowest BCUT2D eigenvalue weighted by molar-refractivity contribution is 0.137. The highest BCUT2D eigenvalue weighted by Crippen LogP contribution is 2.38. The van der Waals surface area contributed by atoms with Crippen molar-refractivity contribution in [3.8, 4) is 5.75 Å². The van der Waals surface area contributed by atoms with Crippen LogP contribution >= 0.6 is 0 Å². The zero-order valence-corrected chi connectivity index (χ0v) is 13.9. The SMILES string of the molecule is CCC1CCC(NCc2cccc3c2OC(C)(C)C3)C1C. The average molecular weight is 287 g/mol. The van der Waals surface area contributed by atoms with Crippen molar-refractivity contribution < 1.29 is 4.74 Å². The van der Waals surface area contributed by atoms with Crippen LogP contribution in [0.1, 0.15) is 58.1 Å². The van der Waals surface area contributed by atoms with Gasteiger partial charge in [-0.25, -0.2) is 0 Å². The van der Waals surface area contributed by atoms with Gasteiger partial charge in [-0.1, -0.05) is 38.5 Å². The molecular weight excluding hydrogens is 258 g/mol. The molecule has 1 aromatic carbocycles. The van der Waals surface area contributed by atoms with Crippen LogP contribution in [0.2, 0.25) is 0 Å². The lowest BCUT2D eigenvalue weighted by atomic mass is 9.93. The average Bonchev–Trinajstić information content (AvgIpc) is 2.94. The normalized spacial score (nSPS) is 30.2. The summed E-state index contributed by atoms with van der Waals surface area (Å²) < 4.78 is 6.17. The van der Waals surface area contributed by atoms with Gasteiger partial charge < -0.3 is 10.1 Å². The van der Waals surface area contributed by atoms with Crippen LogP contribution in [0.25, 0.3) is 0 Å². The fourth-order valence-electron chi connectivity index (χ4n) is 4.17. The molecule has 3 unspecified atom stereocenters. The maximum Gasteiger partial charge on any atom is 0.127 e. The highest BCUT2D eigenvalue weighted by molar-refractivity contribution is 5.45. The summed E-state index contributed by atoms with van der Waals surface area (Å²) in [4.78, 5) is 0. The van der Waals surface area contributed by atoms with E-state index < -0.39 is 0 Å². The Morgan fingerprint density at radius 3 is 2.81 bits per heavy atom. The van der Waals surface area contributed by atoms with Crippen molar-refractivity contribution in [1.82, 2.24) is 5.32 Å². The van der Waals surface area contributed by atoms with Crippen molar-refractivity contribution in [1.29, 1.82) is 0 Å². The standard InChI is InChI=1S/C19H29NO/c1-5-14-9-10-17(13(14)2)20-12-16-8-6-7-15-11-19(3,4)21-18(15)16/h6-8,13-14,17,20H,5,9-12H2,1-4H3. The molecule has 1 saturated carbocycles. The molecule has 0 spiro atoms. The molecule has 1 aliphatic carbocycles. The van der Waals surface area contributed by atoms with Crippen LogP contribution in [0.3, 0.4) is 0 Å². The first-order valence-corrected chi connectivity index (χ1v) is 8.53. The number of rotatable bonds is 4. The van der Waals surface area contributed by atoms with Crippen LogP contribution in [0.5, 0.6) is 5.75 Å². The van der Waals surface area contributed by atoms with Gasteiger partial charge in [0.25, 0.3) is 0 Å². The molecule has 0 aromatic heterocycles. The molecule has 3 atom stereocenters. The molecule has 0 saturated heterocycles. The zero-order chi connectivity index (χ0) is 15.0. The number of hydrogen-bond donors (Lipinski definition) is 1. The highest BCUT2D eigenvalue weighted by atomic mass is 16.5. The van der Waals surface area contributed by atoms with Crippen molar-refractivity contribution in [2.75, 3.05) is 0 Å². The predicted octanol–water partition coefficient (Wildman–Crippen LogP) is 4.31. The van der Waals surface area contributed by atoms with E-state index in [1.807, 2.05) is 0 Å². The van der Waals surface area contributed by atoms with E-state index in [4.69, 9.17) is 4.74 Å². The smallest absolute Gasteiger partial charge is 0.127 e. The third kappa shape index (κ3) is 2.96. The molecule has 21 heavy (non-hydrogen) atoms. The summed E-state index contributed by atoms with van der Waals surface area (Å²) in [5, 5.41) is 3.79. The molecule has 2 aliphatic rings. The molecular formula is C19H29NO. The molecule has 0 bridgehead atoms. The van der Waals surface area contributed by atoms with Gasteiger partial charge in [0, 0.05) is 24.6 Å². The second-order valence-corrected chi connectivity index (χ2v) is 7.54. The quantitative estimate of drug-likeness (QED) is 0.890. The first-order chi connectivity index (χ1) is 10.00. The molecule has 1 N–H and O–H groups in total. The Morgan fingerprint density at radius 1 is 1.29 bits per heavy atom. The van der Waals surface area contributed by atoms with Gasteiger partial charge in [0.2, 0.25) is 0 Å². The summed E-state index contributed by atoms with van der Waals surface area (Å²) in [5.74, 6) is 2.83. The molecule has 2 heteroatoms. The monoisotopic (exact) mass is 287 g/mol. The largest absolute Gasteiger partial charge is 0.487 e. The minimum Gasteiger partial charge on any atom is -0.487 e. The summed E-state index contributed by atoms with van der Waals surface area (Å²) in [6.07, 6.45) is 5.04. The van der Waals surface area contributed by atoms with Gasteiger partial charge in [-0.05, 0) is 44.1 Å². The third-order valence-corrected chi connectivity index (χ3v) is 5.48. The maximum absolute atomic E-state index is 6.17. The number of ether oxygens (including phenoxy) is 1. The Labute approximate surface area is 129 Å². The molecule has 1 aromatic rings. The Balaban J connectivity index is 1.67. The second kappa shape index (κ2) is 5.64. The lowest BCUT2D eigenvalue weighted by Crippen LogP contribution is -2.32. The summed E-state index contributed by atoms with van der Waals surface area (Å²) in [5.41, 5.74) is 2.64. The molecule has 2 nitrogen and oxygen atoms in total. The van der Waals surface area contributed by atoms with Crippen LogP contribution in [0.15, 0.2) is 18.2 Å². The second-order valence-electron chi connectivity index (χ2n) is 7.54. The number of fused-ring (bicyclic) bond motifs is 1. The maximum atomic E-state index is 6.17. The number of benzene rings is 1. The van der Waals surface area contributed by atoms with Gasteiger partial charge in [0.1, 0.15) is 11.4 Å². The molecule has 1 aliphatic heterocycles. The Bertz CT molecular complexity index is 508. The van der Waals surface area contributed by atoms with Crippen LogP contribution in [-0.4, -0.2) is 11.6 Å². The molecule has 0 radical (unpaired) electrons. The van der Waals surface area contributed by atoms with Crippen molar-refractivity contribution in [2.24, 2.45) is 11.8 Å². The minimum atomic E-state index is -0.0492. The molecule has 1 heterocycles. The van der Waals surface area contributed by atoms with Gasteiger partial charge in [0.15, 0.2) is 0 Å². The van der Waals surface area contributed by atoms with Gasteiger partial charge in [-0.15, -0.1) is 0 Å². The third-order valence-electron chi connectivity index (χ3n) is 5.48. The summed E-state index contributed by atoms with van der Waals surface area (Å²) in [6, 6.07) is 7.26. The molecule has 3 rings (SSSR count). The molecule has 1 fully saturated rings. The number of nitrogens with one attached hydrogen (secondary N) is 1. The van der Waals surface area contributed by atoms with Gasteiger partial charge >= 0.3 is 0 Å². The van der Waals surface area contributed by atoms with E-state index >= 15 is 0 Å². The summed E-state index contributed by atoms with van der Waals surface area (Å²) in [7, 11) is 0. The number of para-hydroxylation sites is 1. The van der Waals surface area contributed by atoms with E-state index in [9.17, 15) is 0 Å². The summed E-state index contributed by atoms with van der Waals surface area (Å²) >= 11 is 0. The fraction of sp³-hybridized carbons (Fsp3) is 0.684. The van der Waals surface area contributed by atoms with Gasteiger partial charge in [0.05, 0.1) is 0 Å². The Kier molecular flexibility index (Phi) is 4.00. The Hall–Kier alpha value is -1.02. The van der Waals surface area contributed by atoms with Gasteiger partial charge in [-0.3, -0.25) is 0 Å². The first kappa shape index (κ1) is 14.9. The van der Waals surface area contributed by atoms with Crippen LogP contribution in [0, 0.1) is 11.8 Å². The van der Waals surface area contributed by atoms with Crippen molar-refractivity contribution >= 4 is 0 Å². The first-order valence-electron chi connectivity index (χ1n) is 8.53. The Morgan fingerprint density at radius 2 is 2.10 bits per heavy atom. The van der Waals surface area contributed by atoms with Crippen LogP contribution in [0.4, 0.5) is 0 Å². The van der Waals surface area contributed by atoms with Crippen LogP contribution in [-0.2, 0) is 13.0 Å². The van der Waals surface area contributed by atoms with E-state index in [0.717, 1.165) is 30.6 Å². The number of hydrogen-bond acceptors (Lipinski definition) is 2. The van der Waals surface area contributed by atoms with Crippen LogP contribution < -0.4 is 10.1 Å². The van der Waals surface area contributed by atoms with Crippen molar-refractivity contribution in [2.45, 2.75) is 71.6 Å². The van der Waals surface area contributed by atoms with E-state index in [1.165, 1.54) is 30.4 Å². The fourth-order valence-corrected chi connectivity index (χ4v) is 4.17. The minimum absolute atomic E-state index is 0.0492. The van der Waals surface area contributed by atoms with E-state index in [0.29, 0.717) is 6.04 Å². The highest BCUT2D eigenvalue weighted by Gasteiger charge is 2.33. The molecule has 116 valence electrons. The molecule has 0 amide bonds. The van der Waals surface area contributed by atoms with Gasteiger partial charge in [-0.2, -0.15) is 0 Å². The lowest BCUT2D eigenvalue weighted by Gasteiger charge is -2.22. The van der Waals surface area contributed by atoms with E-state index in [2.05, 4.69) is 51.2 Å². The van der Waals surface area contributed by atoms with E-state index in [1.54, 1.807) is 0 Å².